The SMILES string of the molecule is COC(=O)c1cc(OC)c([N+](=O)[O-])cc1N=C=O. The molecular formula is C10H8N2O6. The fourth-order valence-electron chi connectivity index (χ4n) is 1.28. The Morgan fingerprint density at radius 3 is 2.56 bits per heavy atom. The van der Waals surface area contributed by atoms with Gasteiger partial charge in [0.25, 0.3) is 0 Å². The van der Waals surface area contributed by atoms with Gasteiger partial charge in [-0.15, -0.1) is 0 Å². The maximum absolute atomic E-state index is 11.4. The maximum atomic E-state index is 11.4. The van der Waals surface area contributed by atoms with Crippen LogP contribution in [0.25, 0.3) is 0 Å². The highest BCUT2D eigenvalue weighted by Crippen LogP contribution is 2.34. The van der Waals surface area contributed by atoms with Gasteiger partial charge in [0.05, 0.1) is 30.4 Å². The molecule has 0 atom stereocenters. The quantitative estimate of drug-likeness (QED) is 0.263. The minimum atomic E-state index is -0.794. The van der Waals surface area contributed by atoms with Crippen molar-refractivity contribution in [1.29, 1.82) is 0 Å². The van der Waals surface area contributed by atoms with Gasteiger partial charge < -0.3 is 9.47 Å². The van der Waals surface area contributed by atoms with E-state index in [1.807, 2.05) is 0 Å². The maximum Gasteiger partial charge on any atom is 0.340 e. The Morgan fingerprint density at radius 2 is 2.11 bits per heavy atom. The van der Waals surface area contributed by atoms with Crippen LogP contribution < -0.4 is 4.74 Å². The van der Waals surface area contributed by atoms with Gasteiger partial charge in [-0.05, 0) is 0 Å². The highest BCUT2D eigenvalue weighted by Gasteiger charge is 2.22. The Bertz CT molecular complexity index is 548. The van der Waals surface area contributed by atoms with E-state index in [-0.39, 0.29) is 17.0 Å². The van der Waals surface area contributed by atoms with Gasteiger partial charge in [-0.2, -0.15) is 4.99 Å². The first-order valence-electron chi connectivity index (χ1n) is 4.57. The molecule has 0 aliphatic rings. The van der Waals surface area contributed by atoms with Gasteiger partial charge in [-0.3, -0.25) is 10.1 Å². The third kappa shape index (κ3) is 2.50. The normalized spacial score (nSPS) is 9.22. The second-order valence-electron chi connectivity index (χ2n) is 2.99. The summed E-state index contributed by atoms with van der Waals surface area (Å²) in [5.41, 5.74) is -0.744. The van der Waals surface area contributed by atoms with Crippen LogP contribution in [0.1, 0.15) is 10.4 Å². The Morgan fingerprint density at radius 1 is 1.44 bits per heavy atom. The lowest BCUT2D eigenvalue weighted by atomic mass is 10.1. The molecule has 0 aromatic heterocycles. The molecule has 0 saturated carbocycles. The van der Waals surface area contributed by atoms with Gasteiger partial charge in [0.15, 0.2) is 5.75 Å². The second kappa shape index (κ2) is 5.55. The van der Waals surface area contributed by atoms with Crippen molar-refractivity contribution in [1.82, 2.24) is 0 Å². The first kappa shape index (κ1) is 13.3. The number of methoxy groups -OCH3 is 2. The highest BCUT2D eigenvalue weighted by atomic mass is 16.6. The summed E-state index contributed by atoms with van der Waals surface area (Å²) in [7, 11) is 2.34. The van der Waals surface area contributed by atoms with E-state index in [9.17, 15) is 19.7 Å². The zero-order valence-corrected chi connectivity index (χ0v) is 9.50. The zero-order chi connectivity index (χ0) is 13.7. The standard InChI is InChI=1S/C10H8N2O6/c1-17-9-3-6(10(14)18-2)7(11-5-13)4-8(9)12(15)16/h3-4H,1-2H3. The molecule has 0 aliphatic heterocycles. The van der Waals surface area contributed by atoms with E-state index in [4.69, 9.17) is 4.74 Å². The van der Waals surface area contributed by atoms with Crippen LogP contribution in [0.5, 0.6) is 5.75 Å². The van der Waals surface area contributed by atoms with Gasteiger partial charge in [0.1, 0.15) is 0 Å². The molecule has 0 heterocycles. The first-order valence-corrected chi connectivity index (χ1v) is 4.57. The fourth-order valence-corrected chi connectivity index (χ4v) is 1.28. The number of rotatable bonds is 4. The van der Waals surface area contributed by atoms with E-state index in [2.05, 4.69) is 9.73 Å². The number of benzene rings is 1. The van der Waals surface area contributed by atoms with Crippen molar-refractivity contribution in [3.63, 3.8) is 0 Å². The van der Waals surface area contributed by atoms with Crippen molar-refractivity contribution < 1.29 is 24.0 Å². The number of nitro groups is 1. The summed E-state index contributed by atoms with van der Waals surface area (Å²) in [6, 6.07) is 2.02. The topological polar surface area (TPSA) is 108 Å². The van der Waals surface area contributed by atoms with Gasteiger partial charge >= 0.3 is 11.7 Å². The Hall–Kier alpha value is -2.73. The van der Waals surface area contributed by atoms with E-state index in [0.717, 1.165) is 19.2 Å². The molecule has 94 valence electrons. The molecule has 0 N–H and O–H groups in total. The van der Waals surface area contributed by atoms with E-state index in [1.54, 1.807) is 0 Å². The molecule has 18 heavy (non-hydrogen) atoms. The van der Waals surface area contributed by atoms with Crippen LogP contribution in [0.2, 0.25) is 0 Å². The summed E-state index contributed by atoms with van der Waals surface area (Å²) in [5, 5.41) is 10.8. The number of hydrogen-bond acceptors (Lipinski definition) is 7. The van der Waals surface area contributed by atoms with Gasteiger partial charge in [-0.25, -0.2) is 9.59 Å². The number of carbonyl (C=O) groups is 1. The number of hydrogen-bond donors (Lipinski definition) is 0. The van der Waals surface area contributed by atoms with Crippen LogP contribution in [0.15, 0.2) is 17.1 Å². The van der Waals surface area contributed by atoms with Crippen molar-refractivity contribution in [3.05, 3.63) is 27.8 Å². The summed E-state index contributed by atoms with van der Waals surface area (Å²) in [4.78, 5) is 34.9. The van der Waals surface area contributed by atoms with Crippen LogP contribution in [0, 0.1) is 10.1 Å². The number of aliphatic imine (C=N–C) groups is 1. The van der Waals surface area contributed by atoms with Crippen molar-refractivity contribution in [2.75, 3.05) is 14.2 Å². The highest BCUT2D eigenvalue weighted by molar-refractivity contribution is 5.96. The molecule has 0 saturated heterocycles. The number of nitrogens with zero attached hydrogens (tertiary/aromatic N) is 2. The van der Waals surface area contributed by atoms with Crippen LogP contribution in [0.3, 0.4) is 0 Å². The lowest BCUT2D eigenvalue weighted by Gasteiger charge is -2.06. The summed E-state index contributed by atoms with van der Waals surface area (Å²) < 4.78 is 9.25. The molecule has 1 aromatic carbocycles. The zero-order valence-electron chi connectivity index (χ0n) is 9.50. The molecule has 0 amide bonds. The van der Waals surface area contributed by atoms with E-state index < -0.39 is 16.6 Å². The molecule has 0 unspecified atom stereocenters. The molecule has 0 fully saturated rings. The number of carbonyl (C=O) groups excluding carboxylic acids is 2. The van der Waals surface area contributed by atoms with Crippen LogP contribution in [-0.2, 0) is 9.53 Å². The molecule has 8 heteroatoms. The molecule has 0 radical (unpaired) electrons. The number of nitro benzene ring substituents is 1. The average molecular weight is 252 g/mol. The molecule has 8 nitrogen and oxygen atoms in total. The minimum Gasteiger partial charge on any atom is -0.490 e. The van der Waals surface area contributed by atoms with Crippen molar-refractivity contribution in [2.24, 2.45) is 4.99 Å². The lowest BCUT2D eigenvalue weighted by molar-refractivity contribution is -0.385. The third-order valence-electron chi connectivity index (χ3n) is 2.07. The van der Waals surface area contributed by atoms with E-state index >= 15 is 0 Å². The molecule has 0 bridgehead atoms. The van der Waals surface area contributed by atoms with Gasteiger partial charge in [0.2, 0.25) is 6.08 Å². The lowest BCUT2D eigenvalue weighted by Crippen LogP contribution is -2.03. The molecule has 1 rings (SSSR count). The third-order valence-corrected chi connectivity index (χ3v) is 2.07. The predicted molar refractivity (Wildman–Crippen MR) is 58.8 cm³/mol. The van der Waals surface area contributed by atoms with Crippen molar-refractivity contribution in [2.45, 2.75) is 0 Å². The Balaban J connectivity index is 3.56. The smallest absolute Gasteiger partial charge is 0.340 e. The number of isocyanates is 1. The second-order valence-corrected chi connectivity index (χ2v) is 2.99. The molecule has 1 aromatic rings. The monoisotopic (exact) mass is 252 g/mol. The summed E-state index contributed by atoms with van der Waals surface area (Å²) in [5.74, 6) is -0.928. The van der Waals surface area contributed by atoms with E-state index in [1.165, 1.54) is 13.2 Å². The average Bonchev–Trinajstić information content (AvgIpc) is 2.37. The van der Waals surface area contributed by atoms with Gasteiger partial charge in [0, 0.05) is 12.1 Å². The first-order chi connectivity index (χ1) is 8.54. The number of esters is 1. The predicted octanol–water partition coefficient (Wildman–Crippen LogP) is 1.36. The van der Waals surface area contributed by atoms with Crippen molar-refractivity contribution in [3.8, 4) is 5.75 Å². The summed E-state index contributed by atoms with van der Waals surface area (Å²) >= 11 is 0. The largest absolute Gasteiger partial charge is 0.490 e. The molecule has 0 aliphatic carbocycles. The Labute approximate surface area is 101 Å². The summed E-state index contributed by atoms with van der Waals surface area (Å²) in [6.45, 7) is 0. The summed E-state index contributed by atoms with van der Waals surface area (Å²) in [6.07, 6.45) is 1.21. The number of ether oxygens (including phenoxy) is 2. The minimum absolute atomic E-state index is 0.122. The van der Waals surface area contributed by atoms with E-state index in [0.29, 0.717) is 0 Å². The fraction of sp³-hybridized carbons (Fsp3) is 0.200. The van der Waals surface area contributed by atoms with Crippen LogP contribution in [0.4, 0.5) is 11.4 Å². The Kier molecular flexibility index (Phi) is 4.11. The van der Waals surface area contributed by atoms with Gasteiger partial charge in [-0.1, -0.05) is 0 Å². The van der Waals surface area contributed by atoms with Crippen LogP contribution >= 0.6 is 0 Å². The van der Waals surface area contributed by atoms with Crippen molar-refractivity contribution >= 4 is 23.4 Å². The molecule has 0 spiro atoms. The molecular weight excluding hydrogens is 244 g/mol. The van der Waals surface area contributed by atoms with Crippen LogP contribution in [-0.4, -0.2) is 31.2 Å².